The van der Waals surface area contributed by atoms with Crippen LogP contribution in [0.4, 0.5) is 102 Å². The molecule has 0 unspecified atom stereocenters. The minimum atomic E-state index is -0.526. The Morgan fingerprint density at radius 3 is 0.909 bits per heavy atom. The maximum atomic E-state index is 12.3. The van der Waals surface area contributed by atoms with Gasteiger partial charge in [0.15, 0.2) is 0 Å². The van der Waals surface area contributed by atoms with E-state index in [0.717, 1.165) is 76.8 Å². The molecule has 0 spiro atoms. The van der Waals surface area contributed by atoms with Gasteiger partial charge in [-0.15, -0.1) is 0 Å². The van der Waals surface area contributed by atoms with Crippen molar-refractivity contribution in [1.82, 2.24) is 0 Å². The number of carbonyl (C=O) groups is 3. The molecule has 24 nitrogen and oxygen atoms in total. The fraction of sp³-hybridized carbons (Fsp3) is 0.100. The van der Waals surface area contributed by atoms with Crippen molar-refractivity contribution in [3.63, 3.8) is 0 Å². The van der Waals surface area contributed by atoms with Crippen molar-refractivity contribution in [3.8, 4) is 0 Å². The second-order valence-corrected chi connectivity index (χ2v) is 28.0. The number of nitrogen functional groups attached to an aromatic ring is 2. The van der Waals surface area contributed by atoms with Gasteiger partial charge in [0.1, 0.15) is 0 Å². The number of nitro groups is 4. The Balaban J connectivity index is 0.000000126. The molecule has 5 aliphatic rings. The van der Waals surface area contributed by atoms with Gasteiger partial charge in [-0.2, -0.15) is 0 Å². The summed E-state index contributed by atoms with van der Waals surface area (Å²) < 4.78 is 0. The first-order chi connectivity index (χ1) is 47.3. The third-order valence-electron chi connectivity index (χ3n) is 15.4. The van der Waals surface area contributed by atoms with Crippen LogP contribution in [-0.2, 0) is 14.4 Å². The van der Waals surface area contributed by atoms with Crippen LogP contribution in [0.3, 0.4) is 0 Å². The van der Waals surface area contributed by atoms with E-state index in [2.05, 4.69) is 93.2 Å². The highest BCUT2D eigenvalue weighted by atomic mass is 32.2. The number of rotatable bonds is 6. The van der Waals surface area contributed by atoms with Gasteiger partial charge in [0, 0.05) is 169 Å². The third kappa shape index (κ3) is 15.2. The number of anilines is 14. The van der Waals surface area contributed by atoms with Gasteiger partial charge >= 0.3 is 0 Å². The summed E-state index contributed by atoms with van der Waals surface area (Å²) in [4.78, 5) is 95.7. The first kappa shape index (κ1) is 69.1. The number of hydrogen-bond acceptors (Lipinski definition) is 22. The predicted molar refractivity (Wildman–Crippen MR) is 394 cm³/mol. The summed E-state index contributed by atoms with van der Waals surface area (Å²) in [5, 5.41) is 49.9. The number of hydrogen-bond donors (Lipinski definition) is 4. The van der Waals surface area contributed by atoms with E-state index >= 15 is 0 Å². The normalized spacial score (nSPS) is 12.4. The lowest BCUT2D eigenvalue weighted by Crippen LogP contribution is -2.26. The van der Waals surface area contributed by atoms with Gasteiger partial charge in [-0.1, -0.05) is 83.1 Å². The molecule has 29 heteroatoms. The van der Waals surface area contributed by atoms with E-state index in [4.69, 9.17) is 11.5 Å². The van der Waals surface area contributed by atoms with Gasteiger partial charge in [0.2, 0.25) is 17.7 Å². The molecule has 0 fully saturated rings. The summed E-state index contributed by atoms with van der Waals surface area (Å²) >= 11 is 7.56. The standard InChI is InChI=1S/C18H21N3OS.C14H9N3O5S.C14H13N3OS.C12H7N3O4S.C12H9NS/c1-12(22)21-15-8-6-13(19(2)3)10-17(15)23-18-11-14(20(4)5)7-9-16(18)21;1-8(18)15-11-4-2-9(16(19)20)6-13(11)23-14-7-10(17(21)22)3-5-12(14)15;1-8(18)17-11-4-2-9(15)6-13(11)19-14-7-10(16)3-5-12(14)17;16-14(17)7-1-3-9-11(5-7)20-12-6-8(15(18)19)2-4-10(12)13-9;1-3-7-11-9(5-1)13-10-6-2-4-8-12(10)14-11/h6-11H,1-5H3;2-7H,1H3;2-7H,15-16H2,1H3;1-6,13H;1-8,13H. The van der Waals surface area contributed by atoms with E-state index in [9.17, 15) is 54.8 Å². The molecular weight excluding hydrogens is 1360 g/mol. The Morgan fingerprint density at radius 2 is 0.586 bits per heavy atom. The van der Waals surface area contributed by atoms with E-state index in [1.54, 1.807) is 71.4 Å². The fourth-order valence-corrected chi connectivity index (χ4v) is 16.1. The molecule has 10 aromatic rings. The minimum Gasteiger partial charge on any atom is -0.399 e. The molecule has 6 N–H and O–H groups in total. The van der Waals surface area contributed by atoms with Crippen molar-refractivity contribution >= 4 is 179 Å². The monoisotopic (exact) mass is 1420 g/mol. The maximum Gasteiger partial charge on any atom is 0.270 e. The van der Waals surface area contributed by atoms with Crippen LogP contribution in [0.2, 0.25) is 0 Å². The molecule has 0 aromatic heterocycles. The van der Waals surface area contributed by atoms with Gasteiger partial charge in [-0.25, -0.2) is 0 Å². The highest BCUT2D eigenvalue weighted by Crippen LogP contribution is 2.54. The second kappa shape index (κ2) is 29.2. The number of nitrogens with two attached hydrogens (primary N) is 2. The first-order valence-corrected chi connectivity index (χ1v) is 34.0. The molecule has 0 bridgehead atoms. The summed E-state index contributed by atoms with van der Waals surface area (Å²) in [6.07, 6.45) is 0. The average molecular weight is 1420 g/mol. The Morgan fingerprint density at radius 1 is 0.333 bits per heavy atom. The van der Waals surface area contributed by atoms with Crippen molar-refractivity contribution < 1.29 is 34.1 Å². The maximum absolute atomic E-state index is 12.3. The first-order valence-electron chi connectivity index (χ1n) is 29.9. The van der Waals surface area contributed by atoms with Crippen molar-refractivity contribution in [3.05, 3.63) is 235 Å². The summed E-state index contributed by atoms with van der Waals surface area (Å²) in [5.74, 6) is -0.282. The van der Waals surface area contributed by atoms with Crippen LogP contribution in [0.5, 0.6) is 0 Å². The Bertz CT molecular complexity index is 4640. The van der Waals surface area contributed by atoms with E-state index < -0.39 is 19.7 Å². The van der Waals surface area contributed by atoms with Crippen molar-refractivity contribution in [2.24, 2.45) is 0 Å². The van der Waals surface area contributed by atoms with E-state index in [-0.39, 0.29) is 40.5 Å². The molecule has 0 radical (unpaired) electrons. The lowest BCUT2D eigenvalue weighted by molar-refractivity contribution is -0.385. The summed E-state index contributed by atoms with van der Waals surface area (Å²) in [6.45, 7) is 4.53. The van der Waals surface area contributed by atoms with Crippen LogP contribution in [0.1, 0.15) is 20.8 Å². The molecule has 500 valence electrons. The zero-order valence-electron chi connectivity index (χ0n) is 53.7. The molecule has 15 rings (SSSR count). The van der Waals surface area contributed by atoms with E-state index in [0.29, 0.717) is 42.3 Å². The van der Waals surface area contributed by atoms with Crippen LogP contribution >= 0.6 is 58.8 Å². The fourth-order valence-electron chi connectivity index (χ4n) is 10.7. The quantitative estimate of drug-likeness (QED) is 0.0683. The second-order valence-electron chi connectivity index (χ2n) is 22.6. The Kier molecular flexibility index (Phi) is 20.4. The summed E-state index contributed by atoms with van der Waals surface area (Å²) in [6, 6.07) is 57.7. The van der Waals surface area contributed by atoms with Gasteiger partial charge < -0.3 is 31.9 Å². The molecule has 0 saturated carbocycles. The topological polar surface area (TPSA) is 316 Å². The van der Waals surface area contributed by atoms with Crippen LogP contribution in [0, 0.1) is 40.5 Å². The minimum absolute atomic E-state index is 0.00747. The van der Waals surface area contributed by atoms with Gasteiger partial charge in [0.05, 0.1) is 76.6 Å². The highest BCUT2D eigenvalue weighted by molar-refractivity contribution is 8.00. The molecule has 99 heavy (non-hydrogen) atoms. The molecule has 5 heterocycles. The zero-order valence-corrected chi connectivity index (χ0v) is 57.8. The van der Waals surface area contributed by atoms with Crippen LogP contribution < -0.4 is 46.6 Å². The number of nitrogens with zero attached hydrogens (tertiary/aromatic N) is 9. The molecule has 5 aliphatic heterocycles. The molecule has 10 aromatic carbocycles. The number of non-ortho nitro benzene ring substituents is 4. The predicted octanol–water partition coefficient (Wildman–Crippen LogP) is 18.2. The average Bonchev–Trinajstić information content (AvgIpc) is 0.775. The van der Waals surface area contributed by atoms with E-state index in [1.807, 2.05) is 76.4 Å². The van der Waals surface area contributed by atoms with Crippen molar-refractivity contribution in [2.45, 2.75) is 69.7 Å². The molecule has 3 amide bonds. The number of benzene rings is 10. The number of carbonyl (C=O) groups excluding carboxylic acids is 3. The highest BCUT2D eigenvalue weighted by Gasteiger charge is 2.32. The lowest BCUT2D eigenvalue weighted by atomic mass is 10.2. The largest absolute Gasteiger partial charge is 0.399 e. The number of para-hydroxylation sites is 2. The number of nitro benzene ring substituents is 4. The van der Waals surface area contributed by atoms with Gasteiger partial charge in [0.25, 0.3) is 22.7 Å². The van der Waals surface area contributed by atoms with Crippen molar-refractivity contribution in [2.75, 3.05) is 74.8 Å². The molecule has 0 aliphatic carbocycles. The van der Waals surface area contributed by atoms with E-state index in [1.165, 1.54) is 105 Å². The summed E-state index contributed by atoms with van der Waals surface area (Å²) in [7, 11) is 8.10. The molecule has 0 saturated heterocycles. The molecule has 0 atom stereocenters. The number of amides is 3. The molecular formula is C70H59N13O11S5. The Labute approximate surface area is 588 Å². The van der Waals surface area contributed by atoms with Gasteiger partial charge in [-0.05, 0) is 121 Å². The van der Waals surface area contributed by atoms with Crippen LogP contribution in [0.25, 0.3) is 0 Å². The van der Waals surface area contributed by atoms with Crippen LogP contribution in [0.15, 0.2) is 243 Å². The Hall–Kier alpha value is -11.2. The lowest BCUT2D eigenvalue weighted by Gasteiger charge is -2.32. The summed E-state index contributed by atoms with van der Waals surface area (Å²) in [5.41, 5.74) is 23.6. The number of nitrogens with one attached hydrogen (secondary N) is 2. The van der Waals surface area contributed by atoms with Gasteiger partial charge in [-0.3, -0.25) is 69.5 Å². The van der Waals surface area contributed by atoms with Crippen LogP contribution in [-0.4, -0.2) is 65.6 Å². The smallest absolute Gasteiger partial charge is 0.270 e. The number of fused-ring (bicyclic) bond motifs is 10. The SMILES string of the molecule is CC(=O)N1c2ccc(N(C)C)cc2Sc2cc(N(C)C)ccc21.CC(=O)N1c2ccc(N)cc2Sc2cc(N)ccc21.CC(=O)N1c2ccc([N+](=O)[O-])cc2Sc2cc([N+](=O)[O-])ccc21.O=[N+]([O-])c1ccc2c(c1)Sc1cc([N+](=O)[O-])ccc1N2.c1ccc2c(c1)Nc1ccccc1S2. The third-order valence-corrected chi connectivity index (χ3v) is 20.9. The van der Waals surface area contributed by atoms with Crippen molar-refractivity contribution in [1.29, 1.82) is 0 Å². The zero-order chi connectivity index (χ0) is 70.7.